The zero-order valence-corrected chi connectivity index (χ0v) is 15.1. The van der Waals surface area contributed by atoms with Gasteiger partial charge in [0.15, 0.2) is 5.13 Å². The van der Waals surface area contributed by atoms with E-state index in [2.05, 4.69) is 15.0 Å². The molecule has 136 valence electrons. The topological polar surface area (TPSA) is 77.2 Å². The summed E-state index contributed by atoms with van der Waals surface area (Å²) in [7, 11) is 0. The van der Waals surface area contributed by atoms with Crippen molar-refractivity contribution < 1.29 is 18.3 Å². The molecule has 1 atom stereocenters. The summed E-state index contributed by atoms with van der Waals surface area (Å²) in [6, 6.07) is 6.21. The molecule has 0 aliphatic rings. The number of aromatic nitrogens is 1. The highest BCUT2D eigenvalue weighted by atomic mass is 32.1. The van der Waals surface area contributed by atoms with E-state index in [4.69, 9.17) is 5.73 Å². The second-order valence-corrected chi connectivity index (χ2v) is 7.15. The summed E-state index contributed by atoms with van der Waals surface area (Å²) in [5.74, 6) is -0.200. The Morgan fingerprint density at radius 3 is 2.60 bits per heavy atom. The van der Waals surface area contributed by atoms with Crippen molar-refractivity contribution in [1.82, 2.24) is 4.98 Å². The van der Waals surface area contributed by atoms with Gasteiger partial charge in [-0.25, -0.2) is 4.98 Å². The minimum atomic E-state index is -2.86. The van der Waals surface area contributed by atoms with Crippen LogP contribution in [0.4, 0.5) is 13.9 Å². The predicted octanol–water partition coefficient (Wildman–Crippen LogP) is 4.18. The number of aryl methyl sites for hydroxylation is 1. The van der Waals surface area contributed by atoms with Crippen LogP contribution in [0.15, 0.2) is 24.3 Å². The molecule has 0 spiro atoms. The van der Waals surface area contributed by atoms with Crippen molar-refractivity contribution in [3.63, 3.8) is 0 Å². The van der Waals surface area contributed by atoms with Crippen LogP contribution in [0.25, 0.3) is 11.3 Å². The second kappa shape index (κ2) is 7.88. The first-order chi connectivity index (χ1) is 11.7. The van der Waals surface area contributed by atoms with Gasteiger partial charge in [0.25, 0.3) is 0 Å². The van der Waals surface area contributed by atoms with Gasteiger partial charge in [-0.1, -0.05) is 13.3 Å². The molecule has 2 aromatic rings. The largest absolute Gasteiger partial charge is 0.435 e. The Kier molecular flexibility index (Phi) is 6.07. The zero-order chi connectivity index (χ0) is 18.6. The fourth-order valence-electron chi connectivity index (χ4n) is 2.38. The molecule has 1 aromatic carbocycles. The van der Waals surface area contributed by atoms with Crippen molar-refractivity contribution >= 4 is 22.4 Å². The van der Waals surface area contributed by atoms with E-state index in [0.29, 0.717) is 17.2 Å². The number of halogens is 2. The van der Waals surface area contributed by atoms with Crippen LogP contribution in [0, 0.1) is 6.92 Å². The molecule has 1 amide bonds. The van der Waals surface area contributed by atoms with Crippen LogP contribution in [0.1, 0.15) is 31.6 Å². The van der Waals surface area contributed by atoms with Crippen molar-refractivity contribution in [3.05, 3.63) is 29.1 Å². The van der Waals surface area contributed by atoms with Gasteiger partial charge in [0.2, 0.25) is 5.91 Å². The number of nitrogens with zero attached hydrogens (tertiary/aromatic N) is 1. The standard InChI is InChI=1S/C17H21F2N3O2S/c1-4-9-17(3,20)14(23)22-16-21-13(10(2)25-16)11-5-7-12(8-6-11)24-15(18)19/h5-8,15H,4,9,20H2,1-3H3,(H,21,22,23). The maximum absolute atomic E-state index is 12.3. The van der Waals surface area contributed by atoms with Gasteiger partial charge in [-0.3, -0.25) is 4.79 Å². The Labute approximate surface area is 149 Å². The van der Waals surface area contributed by atoms with E-state index in [9.17, 15) is 13.6 Å². The fourth-order valence-corrected chi connectivity index (χ4v) is 3.22. The van der Waals surface area contributed by atoms with Gasteiger partial charge in [-0.2, -0.15) is 8.78 Å². The first-order valence-electron chi connectivity index (χ1n) is 7.86. The van der Waals surface area contributed by atoms with Crippen LogP contribution in [0.5, 0.6) is 5.75 Å². The number of benzene rings is 1. The monoisotopic (exact) mass is 369 g/mol. The highest BCUT2D eigenvalue weighted by Crippen LogP contribution is 2.32. The maximum Gasteiger partial charge on any atom is 0.387 e. The van der Waals surface area contributed by atoms with Crippen LogP contribution in [-0.2, 0) is 4.79 Å². The normalized spacial score (nSPS) is 13.6. The molecule has 0 saturated heterocycles. The average Bonchev–Trinajstić information content (AvgIpc) is 2.88. The Bertz CT molecular complexity index is 730. The van der Waals surface area contributed by atoms with Crippen molar-refractivity contribution in [2.45, 2.75) is 45.8 Å². The number of nitrogens with one attached hydrogen (secondary N) is 1. The van der Waals surface area contributed by atoms with Crippen molar-refractivity contribution in [2.24, 2.45) is 5.73 Å². The van der Waals surface area contributed by atoms with Crippen LogP contribution in [0.2, 0.25) is 0 Å². The van der Waals surface area contributed by atoms with E-state index in [1.165, 1.54) is 23.5 Å². The molecule has 0 aliphatic carbocycles. The first-order valence-corrected chi connectivity index (χ1v) is 8.67. The average molecular weight is 369 g/mol. The number of rotatable bonds is 7. The first kappa shape index (κ1) is 19.3. The lowest BCUT2D eigenvalue weighted by atomic mass is 9.97. The van der Waals surface area contributed by atoms with Gasteiger partial charge >= 0.3 is 6.61 Å². The minimum absolute atomic E-state index is 0.0821. The number of alkyl halides is 2. The molecule has 0 aliphatic heterocycles. The molecule has 0 radical (unpaired) electrons. The van der Waals surface area contributed by atoms with Gasteiger partial charge in [0, 0.05) is 10.4 Å². The Morgan fingerprint density at radius 2 is 2.04 bits per heavy atom. The van der Waals surface area contributed by atoms with Crippen molar-refractivity contribution in [2.75, 3.05) is 5.32 Å². The molecule has 1 unspecified atom stereocenters. The summed E-state index contributed by atoms with van der Waals surface area (Å²) in [5, 5.41) is 3.21. The number of nitrogens with two attached hydrogens (primary N) is 1. The molecule has 5 nitrogen and oxygen atoms in total. The maximum atomic E-state index is 12.3. The molecule has 1 heterocycles. The number of ether oxygens (including phenoxy) is 1. The molecule has 1 aromatic heterocycles. The molecule has 0 bridgehead atoms. The Hall–Kier alpha value is -2.06. The molecule has 3 N–H and O–H groups in total. The molecule has 25 heavy (non-hydrogen) atoms. The minimum Gasteiger partial charge on any atom is -0.435 e. The summed E-state index contributed by atoms with van der Waals surface area (Å²) in [6.45, 7) is 2.67. The summed E-state index contributed by atoms with van der Waals surface area (Å²) >= 11 is 1.34. The molecule has 0 saturated carbocycles. The highest BCUT2D eigenvalue weighted by molar-refractivity contribution is 7.16. The summed E-state index contributed by atoms with van der Waals surface area (Å²) in [5.41, 5.74) is 6.49. The Balaban J connectivity index is 2.16. The van der Waals surface area contributed by atoms with Gasteiger partial charge in [-0.05, 0) is 44.5 Å². The van der Waals surface area contributed by atoms with Crippen LogP contribution in [0.3, 0.4) is 0 Å². The number of carbonyl (C=O) groups is 1. The van der Waals surface area contributed by atoms with E-state index in [-0.39, 0.29) is 11.7 Å². The van der Waals surface area contributed by atoms with Crippen molar-refractivity contribution in [1.29, 1.82) is 0 Å². The number of hydrogen-bond acceptors (Lipinski definition) is 5. The van der Waals surface area contributed by atoms with Crippen LogP contribution < -0.4 is 15.8 Å². The fraction of sp³-hybridized carbons (Fsp3) is 0.412. The van der Waals surface area contributed by atoms with E-state index in [0.717, 1.165) is 16.9 Å². The zero-order valence-electron chi connectivity index (χ0n) is 14.3. The van der Waals surface area contributed by atoms with Gasteiger partial charge in [0.1, 0.15) is 5.75 Å². The van der Waals surface area contributed by atoms with Crippen LogP contribution in [-0.4, -0.2) is 23.0 Å². The highest BCUT2D eigenvalue weighted by Gasteiger charge is 2.28. The molecule has 2 rings (SSSR count). The van der Waals surface area contributed by atoms with Gasteiger partial charge in [0.05, 0.1) is 11.2 Å². The van der Waals surface area contributed by atoms with E-state index in [1.54, 1.807) is 19.1 Å². The quantitative estimate of drug-likeness (QED) is 0.768. The van der Waals surface area contributed by atoms with Gasteiger partial charge < -0.3 is 15.8 Å². The van der Waals surface area contributed by atoms with E-state index >= 15 is 0 Å². The number of thiazole rings is 1. The number of anilines is 1. The summed E-state index contributed by atoms with van der Waals surface area (Å²) in [6.07, 6.45) is 1.37. The molecule has 0 fully saturated rings. The lowest BCUT2D eigenvalue weighted by molar-refractivity contribution is -0.120. The molecular formula is C17H21F2N3O2S. The van der Waals surface area contributed by atoms with Gasteiger partial charge in [-0.15, -0.1) is 11.3 Å². The number of carbonyl (C=O) groups excluding carboxylic acids is 1. The third kappa shape index (κ3) is 4.96. The smallest absolute Gasteiger partial charge is 0.387 e. The lowest BCUT2D eigenvalue weighted by Gasteiger charge is -2.21. The molecular weight excluding hydrogens is 348 g/mol. The third-order valence-electron chi connectivity index (χ3n) is 3.66. The SMILES string of the molecule is CCCC(C)(N)C(=O)Nc1nc(-c2ccc(OC(F)F)cc2)c(C)s1. The third-order valence-corrected chi connectivity index (χ3v) is 4.54. The lowest BCUT2D eigenvalue weighted by Crippen LogP contribution is -2.48. The summed E-state index contributed by atoms with van der Waals surface area (Å²) in [4.78, 5) is 17.6. The van der Waals surface area contributed by atoms with Crippen LogP contribution >= 0.6 is 11.3 Å². The number of amides is 1. The Morgan fingerprint density at radius 1 is 1.40 bits per heavy atom. The molecule has 8 heteroatoms. The number of hydrogen-bond donors (Lipinski definition) is 2. The van der Waals surface area contributed by atoms with E-state index < -0.39 is 12.2 Å². The predicted molar refractivity (Wildman–Crippen MR) is 95.0 cm³/mol. The van der Waals surface area contributed by atoms with Crippen molar-refractivity contribution in [3.8, 4) is 17.0 Å². The second-order valence-electron chi connectivity index (χ2n) is 5.95. The van der Waals surface area contributed by atoms with E-state index in [1.807, 2.05) is 13.8 Å². The summed E-state index contributed by atoms with van der Waals surface area (Å²) < 4.78 is 28.7.